The number of aryl methyl sites for hydroxylation is 1. The minimum absolute atomic E-state index is 0.229. The average molecular weight is 388 g/mol. The quantitative estimate of drug-likeness (QED) is 0.438. The lowest BCUT2D eigenvalue weighted by atomic mass is 10.0. The first-order valence-corrected chi connectivity index (χ1v) is 9.34. The summed E-state index contributed by atoms with van der Waals surface area (Å²) >= 11 is 1.38. The van der Waals surface area contributed by atoms with E-state index in [2.05, 4.69) is 25.8 Å². The smallest absolute Gasteiger partial charge is 0.328 e. The van der Waals surface area contributed by atoms with Crippen molar-refractivity contribution in [2.24, 2.45) is 7.05 Å². The van der Waals surface area contributed by atoms with Gasteiger partial charge in [0.1, 0.15) is 6.04 Å². The third-order valence-electron chi connectivity index (χ3n) is 4.06. The molecule has 9 nitrogen and oxygen atoms in total. The molecule has 2 heterocycles. The lowest BCUT2D eigenvalue weighted by Crippen LogP contribution is -2.43. The number of rotatable bonds is 8. The van der Waals surface area contributed by atoms with Crippen LogP contribution in [0.4, 0.5) is 0 Å². The maximum atomic E-state index is 12.3. The van der Waals surface area contributed by atoms with Crippen LogP contribution in [0.15, 0.2) is 35.6 Å². The molecule has 3 rings (SSSR count). The number of fused-ring (bicyclic) bond motifs is 1. The number of benzene rings is 1. The molecule has 0 aliphatic rings. The van der Waals surface area contributed by atoms with Gasteiger partial charge in [0, 0.05) is 42.7 Å². The van der Waals surface area contributed by atoms with Crippen LogP contribution in [0.2, 0.25) is 0 Å². The van der Waals surface area contributed by atoms with Crippen LogP contribution in [0, 0.1) is 0 Å². The van der Waals surface area contributed by atoms with Gasteiger partial charge in [0.25, 0.3) is 0 Å². The van der Waals surface area contributed by atoms with E-state index in [0.29, 0.717) is 17.3 Å². The number of nitrogens with zero attached hydrogens (tertiary/aromatic N) is 4. The van der Waals surface area contributed by atoms with E-state index in [4.69, 9.17) is 4.74 Å². The lowest BCUT2D eigenvalue weighted by Gasteiger charge is -2.16. The Balaban J connectivity index is 1.60. The minimum atomic E-state index is -0.747. The van der Waals surface area contributed by atoms with Crippen LogP contribution < -0.4 is 5.32 Å². The first kappa shape index (κ1) is 18.9. The summed E-state index contributed by atoms with van der Waals surface area (Å²) in [6.07, 6.45) is 2.44. The number of carbonyl (C=O) groups excluding carboxylic acids is 2. The number of methoxy groups -OCH3 is 1. The molecule has 27 heavy (non-hydrogen) atoms. The molecule has 0 radical (unpaired) electrons. The molecule has 3 aromatic rings. The summed E-state index contributed by atoms with van der Waals surface area (Å²) in [6, 6.07) is 7.06. The minimum Gasteiger partial charge on any atom is -0.467 e. The Morgan fingerprint density at radius 2 is 2.19 bits per heavy atom. The van der Waals surface area contributed by atoms with Gasteiger partial charge in [0.2, 0.25) is 11.1 Å². The highest BCUT2D eigenvalue weighted by Gasteiger charge is 2.23. The maximum absolute atomic E-state index is 12.3. The monoisotopic (exact) mass is 388 g/mol. The number of thioether (sulfide) groups is 1. The van der Waals surface area contributed by atoms with E-state index >= 15 is 0 Å². The van der Waals surface area contributed by atoms with E-state index in [9.17, 15) is 9.59 Å². The largest absolute Gasteiger partial charge is 0.467 e. The molecule has 1 aromatic carbocycles. The van der Waals surface area contributed by atoms with Crippen LogP contribution in [0.1, 0.15) is 12.0 Å². The molecule has 10 heteroatoms. The predicted molar refractivity (Wildman–Crippen MR) is 100 cm³/mol. The number of ether oxygens (including phenoxy) is 1. The summed E-state index contributed by atoms with van der Waals surface area (Å²) in [4.78, 5) is 27.6. The molecule has 2 N–H and O–H groups in total. The Labute approximate surface area is 159 Å². The van der Waals surface area contributed by atoms with Crippen molar-refractivity contribution in [1.82, 2.24) is 30.5 Å². The number of tetrazole rings is 1. The van der Waals surface area contributed by atoms with E-state index in [-0.39, 0.29) is 12.3 Å². The van der Waals surface area contributed by atoms with Gasteiger partial charge in [-0.2, -0.15) is 0 Å². The van der Waals surface area contributed by atoms with Crippen molar-refractivity contribution in [3.8, 4) is 0 Å². The molecule has 0 aliphatic carbocycles. The summed E-state index contributed by atoms with van der Waals surface area (Å²) in [5.74, 6) is -0.201. The van der Waals surface area contributed by atoms with Crippen molar-refractivity contribution < 1.29 is 14.3 Å². The van der Waals surface area contributed by atoms with Crippen molar-refractivity contribution in [3.63, 3.8) is 0 Å². The van der Waals surface area contributed by atoms with Crippen molar-refractivity contribution in [3.05, 3.63) is 36.0 Å². The van der Waals surface area contributed by atoms with E-state index in [0.717, 1.165) is 16.5 Å². The topological polar surface area (TPSA) is 115 Å². The number of carbonyl (C=O) groups is 2. The Kier molecular flexibility index (Phi) is 6.07. The second-order valence-corrected chi connectivity index (χ2v) is 6.95. The van der Waals surface area contributed by atoms with Crippen molar-refractivity contribution >= 4 is 34.5 Å². The summed E-state index contributed by atoms with van der Waals surface area (Å²) in [5.41, 5.74) is 1.93. The maximum Gasteiger partial charge on any atom is 0.328 e. The number of nitrogens with one attached hydrogen (secondary N) is 2. The standard InChI is InChI=1S/C17H20N6O3S/c1-23-17(20-21-22-23)27-8-7-15(24)19-14(16(25)26-2)9-11-10-18-13-6-4-3-5-12(11)13/h3-6,10,14,18H,7-9H2,1-2H3,(H,19,24)/t14-/m1/s1. The fourth-order valence-corrected chi connectivity index (χ4v) is 3.49. The van der Waals surface area contributed by atoms with Crippen molar-refractivity contribution in [2.45, 2.75) is 24.0 Å². The number of para-hydroxylation sites is 1. The Morgan fingerprint density at radius 3 is 2.93 bits per heavy atom. The highest BCUT2D eigenvalue weighted by atomic mass is 32.2. The van der Waals surface area contributed by atoms with Gasteiger partial charge >= 0.3 is 5.97 Å². The number of H-pyrrole nitrogens is 1. The van der Waals surface area contributed by atoms with Crippen LogP contribution >= 0.6 is 11.8 Å². The average Bonchev–Trinajstić information content (AvgIpc) is 3.27. The van der Waals surface area contributed by atoms with Crippen LogP contribution in [0.25, 0.3) is 10.9 Å². The van der Waals surface area contributed by atoms with Crippen LogP contribution in [-0.4, -0.2) is 56.0 Å². The van der Waals surface area contributed by atoms with Gasteiger partial charge in [-0.05, 0) is 22.1 Å². The second-order valence-electron chi connectivity index (χ2n) is 5.89. The van der Waals surface area contributed by atoms with Gasteiger partial charge in [0.05, 0.1) is 7.11 Å². The number of aromatic amines is 1. The molecule has 2 aromatic heterocycles. The zero-order valence-electron chi connectivity index (χ0n) is 15.0. The van der Waals surface area contributed by atoms with Gasteiger partial charge < -0.3 is 15.0 Å². The molecule has 0 saturated carbocycles. The molecule has 0 unspecified atom stereocenters. The molecule has 0 bridgehead atoms. The SMILES string of the molecule is COC(=O)[C@@H](Cc1c[nH]c2ccccc12)NC(=O)CCSc1nnnn1C. The summed E-state index contributed by atoms with van der Waals surface area (Å²) in [5, 5.41) is 15.5. The first-order chi connectivity index (χ1) is 13.1. The van der Waals surface area contributed by atoms with E-state index in [1.807, 2.05) is 30.5 Å². The van der Waals surface area contributed by atoms with E-state index in [1.165, 1.54) is 23.6 Å². The Morgan fingerprint density at radius 1 is 1.37 bits per heavy atom. The fourth-order valence-electron chi connectivity index (χ4n) is 2.70. The number of amides is 1. The summed E-state index contributed by atoms with van der Waals surface area (Å²) in [6.45, 7) is 0. The third kappa shape index (κ3) is 4.64. The van der Waals surface area contributed by atoms with Crippen molar-refractivity contribution in [2.75, 3.05) is 12.9 Å². The molecule has 0 spiro atoms. The predicted octanol–water partition coefficient (Wildman–Crippen LogP) is 1.07. The number of hydrogen-bond donors (Lipinski definition) is 2. The van der Waals surface area contributed by atoms with Crippen LogP contribution in [-0.2, 0) is 27.8 Å². The molecule has 0 saturated heterocycles. The van der Waals surface area contributed by atoms with Gasteiger partial charge in [-0.25, -0.2) is 9.48 Å². The van der Waals surface area contributed by atoms with Gasteiger partial charge in [-0.1, -0.05) is 30.0 Å². The van der Waals surface area contributed by atoms with E-state index in [1.54, 1.807) is 7.05 Å². The first-order valence-electron chi connectivity index (χ1n) is 8.36. The number of esters is 1. The van der Waals surface area contributed by atoms with Crippen LogP contribution in [0.5, 0.6) is 0 Å². The Bertz CT molecular complexity index is 938. The van der Waals surface area contributed by atoms with Crippen molar-refractivity contribution in [1.29, 1.82) is 0 Å². The molecular formula is C17H20N6O3S. The number of hydrogen-bond acceptors (Lipinski definition) is 7. The Hall–Kier alpha value is -2.88. The van der Waals surface area contributed by atoms with E-state index < -0.39 is 12.0 Å². The molecule has 1 atom stereocenters. The summed E-state index contributed by atoms with van der Waals surface area (Å²) < 4.78 is 6.39. The molecule has 142 valence electrons. The van der Waals surface area contributed by atoms with Gasteiger partial charge in [-0.15, -0.1) is 5.10 Å². The normalized spacial score (nSPS) is 12.1. The zero-order chi connectivity index (χ0) is 19.2. The van der Waals surface area contributed by atoms with Gasteiger partial charge in [-0.3, -0.25) is 4.79 Å². The zero-order valence-corrected chi connectivity index (χ0v) is 15.8. The fraction of sp³-hybridized carbons (Fsp3) is 0.353. The summed E-state index contributed by atoms with van der Waals surface area (Å²) in [7, 11) is 3.05. The highest BCUT2D eigenvalue weighted by molar-refractivity contribution is 7.99. The third-order valence-corrected chi connectivity index (χ3v) is 5.07. The molecule has 0 aliphatic heterocycles. The lowest BCUT2D eigenvalue weighted by molar-refractivity contribution is -0.145. The molecule has 1 amide bonds. The highest BCUT2D eigenvalue weighted by Crippen LogP contribution is 2.19. The molecule has 0 fully saturated rings. The molecular weight excluding hydrogens is 368 g/mol. The van der Waals surface area contributed by atoms with Crippen LogP contribution in [0.3, 0.4) is 0 Å². The number of aromatic nitrogens is 5. The second kappa shape index (κ2) is 8.67. The van der Waals surface area contributed by atoms with Gasteiger partial charge in [0.15, 0.2) is 0 Å².